The lowest BCUT2D eigenvalue weighted by Gasteiger charge is -2.36. The number of benzene rings is 6. The number of carbonyl (C=O) groups is 2. The first-order chi connectivity index (χ1) is 24.8. The fourth-order valence-electron chi connectivity index (χ4n) is 7.23. The number of fused-ring (bicyclic) bond motifs is 5. The van der Waals surface area contributed by atoms with Crippen LogP contribution in [-0.2, 0) is 24.5 Å². The van der Waals surface area contributed by atoms with Crippen molar-refractivity contribution in [2.24, 2.45) is 0 Å². The van der Waals surface area contributed by atoms with Gasteiger partial charge < -0.3 is 18.9 Å². The quantitative estimate of drug-likeness (QED) is 0.0731. The van der Waals surface area contributed by atoms with Gasteiger partial charge in [0.05, 0.1) is 5.41 Å². The molecular weight excluding hydrogens is 636 g/mol. The van der Waals surface area contributed by atoms with E-state index in [4.69, 9.17) is 18.9 Å². The fourth-order valence-corrected chi connectivity index (χ4v) is 7.23. The molecule has 0 amide bonds. The van der Waals surface area contributed by atoms with Crippen molar-refractivity contribution in [2.45, 2.75) is 19.3 Å². The van der Waals surface area contributed by atoms with Gasteiger partial charge in [0.15, 0.2) is 0 Å². The maximum Gasteiger partial charge on any atom is 0.333 e. The molecule has 1 aliphatic carbocycles. The molecule has 0 unspecified atom stereocenters. The van der Waals surface area contributed by atoms with Crippen molar-refractivity contribution in [3.05, 3.63) is 168 Å². The number of ether oxygens (including phenoxy) is 4. The first kappa shape index (κ1) is 33.4. The van der Waals surface area contributed by atoms with Crippen LogP contribution in [-0.4, -0.2) is 38.4 Å². The number of esters is 2. The van der Waals surface area contributed by atoms with Crippen molar-refractivity contribution in [3.63, 3.8) is 0 Å². The smallest absolute Gasteiger partial charge is 0.333 e. The third kappa shape index (κ3) is 5.93. The predicted octanol–water partition coefficient (Wildman–Crippen LogP) is 9.35. The summed E-state index contributed by atoms with van der Waals surface area (Å²) in [4.78, 5) is 23.9. The molecule has 254 valence electrons. The summed E-state index contributed by atoms with van der Waals surface area (Å²) in [6.45, 7) is 11.2. The summed E-state index contributed by atoms with van der Waals surface area (Å²) in [5.41, 5.74) is 6.94. The standard InChI is InChI=1S/C45H38O6/c1-29(2)43(46)50-27-25-48-41-23-21-39(33-15-5-7-17-35(33)41)45(37-19-11-9-13-31(37)32-14-10-12-20-38(32)45)40-22-24-42(36-18-8-6-16-34(36)40)49-26-28-51-44(47)30(3)4/h5-24H,1,3,25-28H2,2,4H3. The van der Waals surface area contributed by atoms with Gasteiger partial charge in [-0.25, -0.2) is 9.59 Å². The van der Waals surface area contributed by atoms with Crippen LogP contribution in [0.1, 0.15) is 36.1 Å². The van der Waals surface area contributed by atoms with Crippen LogP contribution >= 0.6 is 0 Å². The second-order valence-corrected chi connectivity index (χ2v) is 12.7. The van der Waals surface area contributed by atoms with E-state index >= 15 is 0 Å². The second-order valence-electron chi connectivity index (χ2n) is 12.7. The molecule has 0 aliphatic heterocycles. The maximum atomic E-state index is 12.0. The summed E-state index contributed by atoms with van der Waals surface area (Å²) in [5, 5.41) is 4.00. The molecule has 51 heavy (non-hydrogen) atoms. The Morgan fingerprint density at radius 1 is 0.471 bits per heavy atom. The van der Waals surface area contributed by atoms with Crippen LogP contribution in [0.3, 0.4) is 0 Å². The van der Waals surface area contributed by atoms with E-state index in [1.54, 1.807) is 13.8 Å². The van der Waals surface area contributed by atoms with Gasteiger partial charge in [0.1, 0.15) is 37.9 Å². The number of rotatable bonds is 12. The molecule has 6 aromatic carbocycles. The van der Waals surface area contributed by atoms with E-state index in [1.165, 1.54) is 22.3 Å². The van der Waals surface area contributed by atoms with Gasteiger partial charge in [0, 0.05) is 21.9 Å². The number of hydrogen-bond donors (Lipinski definition) is 0. The van der Waals surface area contributed by atoms with E-state index in [2.05, 4.69) is 110 Å². The Morgan fingerprint density at radius 2 is 0.843 bits per heavy atom. The van der Waals surface area contributed by atoms with Crippen LogP contribution < -0.4 is 9.47 Å². The Hall–Kier alpha value is -6.14. The highest BCUT2D eigenvalue weighted by molar-refractivity contribution is 6.01. The van der Waals surface area contributed by atoms with Gasteiger partial charge >= 0.3 is 11.9 Å². The van der Waals surface area contributed by atoms with Crippen molar-refractivity contribution in [2.75, 3.05) is 26.4 Å². The Balaban J connectivity index is 1.40. The Bertz CT molecular complexity index is 2170. The van der Waals surface area contributed by atoms with Crippen molar-refractivity contribution >= 4 is 33.5 Å². The summed E-state index contributed by atoms with van der Waals surface area (Å²) in [5.74, 6) is 0.538. The second kappa shape index (κ2) is 14.0. The van der Waals surface area contributed by atoms with Crippen LogP contribution in [0.15, 0.2) is 146 Å². The molecule has 1 aliphatic rings. The highest BCUT2D eigenvalue weighted by Crippen LogP contribution is 2.59. The minimum Gasteiger partial charge on any atom is -0.489 e. The van der Waals surface area contributed by atoms with Gasteiger partial charge in [-0.3, -0.25) is 0 Å². The van der Waals surface area contributed by atoms with E-state index in [0.717, 1.165) is 32.7 Å². The van der Waals surface area contributed by atoms with Crippen LogP contribution in [0.2, 0.25) is 0 Å². The van der Waals surface area contributed by atoms with Gasteiger partial charge in [-0.15, -0.1) is 0 Å². The SMILES string of the molecule is C=C(C)C(=O)OCCOc1ccc(C2(c3ccc(OCCOC(=O)C(=C)C)c4ccccc34)c3ccccc3-c3ccccc32)c2ccccc12. The van der Waals surface area contributed by atoms with Crippen LogP contribution in [0.4, 0.5) is 0 Å². The van der Waals surface area contributed by atoms with Gasteiger partial charge in [-0.2, -0.15) is 0 Å². The largest absolute Gasteiger partial charge is 0.489 e. The van der Waals surface area contributed by atoms with Gasteiger partial charge in [-0.05, 0) is 70.1 Å². The van der Waals surface area contributed by atoms with E-state index in [-0.39, 0.29) is 26.4 Å². The topological polar surface area (TPSA) is 71.1 Å². The zero-order valence-corrected chi connectivity index (χ0v) is 28.7. The molecule has 7 rings (SSSR count). The van der Waals surface area contributed by atoms with E-state index in [0.29, 0.717) is 22.6 Å². The first-order valence-corrected chi connectivity index (χ1v) is 17.0. The van der Waals surface area contributed by atoms with Crippen molar-refractivity contribution in [1.82, 2.24) is 0 Å². The molecule has 6 heteroatoms. The highest BCUT2D eigenvalue weighted by atomic mass is 16.6. The van der Waals surface area contributed by atoms with Crippen LogP contribution in [0.25, 0.3) is 32.7 Å². The van der Waals surface area contributed by atoms with E-state index < -0.39 is 17.4 Å². The van der Waals surface area contributed by atoms with Gasteiger partial charge in [0.2, 0.25) is 0 Å². The monoisotopic (exact) mass is 674 g/mol. The number of hydrogen-bond acceptors (Lipinski definition) is 6. The molecule has 0 spiro atoms. The minimum atomic E-state index is -0.711. The molecule has 0 atom stereocenters. The lowest BCUT2D eigenvalue weighted by atomic mass is 9.65. The average molecular weight is 675 g/mol. The molecule has 0 radical (unpaired) electrons. The number of carbonyl (C=O) groups excluding carboxylic acids is 2. The maximum absolute atomic E-state index is 12.0. The molecule has 0 aromatic heterocycles. The average Bonchev–Trinajstić information content (AvgIpc) is 3.45. The summed E-state index contributed by atoms with van der Waals surface area (Å²) in [7, 11) is 0. The summed E-state index contributed by atoms with van der Waals surface area (Å²) >= 11 is 0. The molecule has 0 heterocycles. The molecular formula is C45H38O6. The lowest BCUT2D eigenvalue weighted by Crippen LogP contribution is -2.29. The summed E-state index contributed by atoms with van der Waals surface area (Å²) in [6.07, 6.45) is 0. The molecule has 0 saturated carbocycles. The van der Waals surface area contributed by atoms with Crippen molar-refractivity contribution in [3.8, 4) is 22.6 Å². The van der Waals surface area contributed by atoms with Crippen molar-refractivity contribution < 1.29 is 28.5 Å². The Labute approximate surface area is 297 Å². The predicted molar refractivity (Wildman–Crippen MR) is 201 cm³/mol. The Morgan fingerprint density at radius 3 is 1.25 bits per heavy atom. The van der Waals surface area contributed by atoms with Crippen LogP contribution in [0, 0.1) is 0 Å². The van der Waals surface area contributed by atoms with Gasteiger partial charge in [-0.1, -0.05) is 122 Å². The zero-order chi connectivity index (χ0) is 35.5. The highest BCUT2D eigenvalue weighted by Gasteiger charge is 2.47. The summed E-state index contributed by atoms with van der Waals surface area (Å²) < 4.78 is 23.1. The summed E-state index contributed by atoms with van der Waals surface area (Å²) in [6, 6.07) is 42.3. The van der Waals surface area contributed by atoms with E-state index in [1.807, 2.05) is 24.3 Å². The third-order valence-electron chi connectivity index (χ3n) is 9.37. The molecule has 0 saturated heterocycles. The fraction of sp³-hybridized carbons (Fsp3) is 0.156. The zero-order valence-electron chi connectivity index (χ0n) is 28.7. The Kier molecular flexibility index (Phi) is 9.16. The van der Waals surface area contributed by atoms with Crippen LogP contribution in [0.5, 0.6) is 11.5 Å². The molecule has 0 bridgehead atoms. The normalized spacial score (nSPS) is 12.5. The molecule has 0 fully saturated rings. The lowest BCUT2D eigenvalue weighted by molar-refractivity contribution is -0.140. The van der Waals surface area contributed by atoms with Gasteiger partial charge in [0.25, 0.3) is 0 Å². The molecule has 6 nitrogen and oxygen atoms in total. The third-order valence-corrected chi connectivity index (χ3v) is 9.37. The molecule has 6 aromatic rings. The van der Waals surface area contributed by atoms with E-state index in [9.17, 15) is 9.59 Å². The minimum absolute atomic E-state index is 0.114. The van der Waals surface area contributed by atoms with Crippen molar-refractivity contribution in [1.29, 1.82) is 0 Å². The molecule has 0 N–H and O–H groups in total. The first-order valence-electron chi connectivity index (χ1n) is 17.0.